The van der Waals surface area contributed by atoms with Crippen LogP contribution >= 0.6 is 11.6 Å². The first kappa shape index (κ1) is 16.5. The van der Waals surface area contributed by atoms with Crippen LogP contribution in [-0.4, -0.2) is 47.8 Å². The molecule has 2 amide bonds. The van der Waals surface area contributed by atoms with Crippen molar-refractivity contribution >= 4 is 23.4 Å². The molecular formula is C18H16ClFN2O2. The SMILES string of the molecule is O=C(c1ccc(Cl)cc1)N1CCN(C(=O)c2cccc(F)c2)CC1. The van der Waals surface area contributed by atoms with Crippen LogP contribution in [0.2, 0.25) is 5.02 Å². The van der Waals surface area contributed by atoms with E-state index in [1.807, 2.05) is 0 Å². The van der Waals surface area contributed by atoms with Gasteiger partial charge in [0.1, 0.15) is 5.82 Å². The third-order valence-corrected chi connectivity index (χ3v) is 4.27. The fourth-order valence-corrected chi connectivity index (χ4v) is 2.82. The maximum absolute atomic E-state index is 13.2. The van der Waals surface area contributed by atoms with Crippen molar-refractivity contribution in [3.63, 3.8) is 0 Å². The van der Waals surface area contributed by atoms with E-state index in [0.717, 1.165) is 0 Å². The molecule has 1 heterocycles. The van der Waals surface area contributed by atoms with Gasteiger partial charge in [-0.25, -0.2) is 4.39 Å². The first-order chi connectivity index (χ1) is 11.5. The quantitative estimate of drug-likeness (QED) is 0.838. The van der Waals surface area contributed by atoms with Crippen molar-refractivity contribution in [2.45, 2.75) is 0 Å². The fourth-order valence-electron chi connectivity index (χ4n) is 2.69. The van der Waals surface area contributed by atoms with Gasteiger partial charge in [0, 0.05) is 42.3 Å². The second-order valence-corrected chi connectivity index (χ2v) is 6.04. The van der Waals surface area contributed by atoms with Crippen LogP contribution in [-0.2, 0) is 0 Å². The van der Waals surface area contributed by atoms with Gasteiger partial charge >= 0.3 is 0 Å². The van der Waals surface area contributed by atoms with Crippen molar-refractivity contribution in [1.82, 2.24) is 9.80 Å². The van der Waals surface area contributed by atoms with Crippen molar-refractivity contribution in [2.24, 2.45) is 0 Å². The summed E-state index contributed by atoms with van der Waals surface area (Å²) in [6, 6.07) is 12.4. The molecule has 24 heavy (non-hydrogen) atoms. The van der Waals surface area contributed by atoms with Crippen molar-refractivity contribution in [1.29, 1.82) is 0 Å². The van der Waals surface area contributed by atoms with E-state index in [9.17, 15) is 14.0 Å². The van der Waals surface area contributed by atoms with Gasteiger partial charge in [-0.05, 0) is 42.5 Å². The Morgan fingerprint density at radius 2 is 1.38 bits per heavy atom. The van der Waals surface area contributed by atoms with E-state index < -0.39 is 5.82 Å². The Balaban J connectivity index is 1.62. The molecule has 0 saturated carbocycles. The minimum absolute atomic E-state index is 0.0791. The van der Waals surface area contributed by atoms with Crippen molar-refractivity contribution in [3.8, 4) is 0 Å². The number of nitrogens with zero attached hydrogens (tertiary/aromatic N) is 2. The van der Waals surface area contributed by atoms with Crippen LogP contribution in [0, 0.1) is 5.82 Å². The summed E-state index contributed by atoms with van der Waals surface area (Å²) in [6.07, 6.45) is 0. The van der Waals surface area contributed by atoms with Gasteiger partial charge in [0.25, 0.3) is 11.8 Å². The Bertz CT molecular complexity index is 756. The normalized spacial score (nSPS) is 14.6. The van der Waals surface area contributed by atoms with E-state index in [4.69, 9.17) is 11.6 Å². The molecule has 1 fully saturated rings. The lowest BCUT2D eigenvalue weighted by Crippen LogP contribution is -2.50. The van der Waals surface area contributed by atoms with Crippen molar-refractivity contribution < 1.29 is 14.0 Å². The number of hydrogen-bond donors (Lipinski definition) is 0. The fraction of sp³-hybridized carbons (Fsp3) is 0.222. The number of hydrogen-bond acceptors (Lipinski definition) is 2. The van der Waals surface area contributed by atoms with E-state index in [2.05, 4.69) is 0 Å². The highest BCUT2D eigenvalue weighted by Gasteiger charge is 2.25. The third-order valence-electron chi connectivity index (χ3n) is 4.02. The first-order valence-electron chi connectivity index (χ1n) is 7.64. The van der Waals surface area contributed by atoms with Crippen LogP contribution in [0.3, 0.4) is 0 Å². The van der Waals surface area contributed by atoms with Gasteiger partial charge in [-0.2, -0.15) is 0 Å². The summed E-state index contributed by atoms with van der Waals surface area (Å²) in [5.74, 6) is -0.727. The number of benzene rings is 2. The molecule has 0 unspecified atom stereocenters. The van der Waals surface area contributed by atoms with E-state index in [0.29, 0.717) is 42.3 Å². The minimum atomic E-state index is -0.433. The molecule has 0 aliphatic carbocycles. The Hall–Kier alpha value is -2.40. The highest BCUT2D eigenvalue weighted by molar-refractivity contribution is 6.30. The summed E-state index contributed by atoms with van der Waals surface area (Å²) in [7, 11) is 0. The van der Waals surface area contributed by atoms with Crippen molar-refractivity contribution in [3.05, 3.63) is 70.5 Å². The Labute approximate surface area is 144 Å². The molecule has 0 aromatic heterocycles. The molecule has 0 atom stereocenters. The lowest BCUT2D eigenvalue weighted by Gasteiger charge is -2.34. The van der Waals surface area contributed by atoms with Gasteiger partial charge in [-0.1, -0.05) is 17.7 Å². The molecule has 0 bridgehead atoms. The van der Waals surface area contributed by atoms with Crippen LogP contribution in [0.5, 0.6) is 0 Å². The highest BCUT2D eigenvalue weighted by Crippen LogP contribution is 2.14. The molecule has 1 aliphatic heterocycles. The van der Waals surface area contributed by atoms with Crippen LogP contribution in [0.1, 0.15) is 20.7 Å². The highest BCUT2D eigenvalue weighted by atomic mass is 35.5. The molecule has 0 radical (unpaired) electrons. The van der Waals surface area contributed by atoms with Gasteiger partial charge in [0.15, 0.2) is 0 Å². The lowest BCUT2D eigenvalue weighted by molar-refractivity contribution is 0.0535. The molecule has 0 N–H and O–H groups in total. The molecule has 4 nitrogen and oxygen atoms in total. The Kier molecular flexibility index (Phi) is 4.81. The number of halogens is 2. The average molecular weight is 347 g/mol. The van der Waals surface area contributed by atoms with E-state index >= 15 is 0 Å². The zero-order valence-corrected chi connectivity index (χ0v) is 13.7. The first-order valence-corrected chi connectivity index (χ1v) is 8.02. The van der Waals surface area contributed by atoms with Gasteiger partial charge in [-0.3, -0.25) is 9.59 Å². The standard InChI is InChI=1S/C18H16ClFN2O2/c19-15-6-4-13(5-7-15)17(23)21-8-10-22(11-9-21)18(24)14-2-1-3-16(20)12-14/h1-7,12H,8-11H2. The molecule has 3 rings (SSSR count). The smallest absolute Gasteiger partial charge is 0.254 e. The zero-order chi connectivity index (χ0) is 17.1. The van der Waals surface area contributed by atoms with E-state index in [-0.39, 0.29) is 11.8 Å². The monoisotopic (exact) mass is 346 g/mol. The maximum atomic E-state index is 13.2. The van der Waals surface area contributed by atoms with Crippen LogP contribution in [0.4, 0.5) is 4.39 Å². The van der Waals surface area contributed by atoms with Crippen molar-refractivity contribution in [2.75, 3.05) is 26.2 Å². The summed E-state index contributed by atoms with van der Waals surface area (Å²) in [6.45, 7) is 1.74. The van der Waals surface area contributed by atoms with Gasteiger partial charge in [0.2, 0.25) is 0 Å². The van der Waals surface area contributed by atoms with Gasteiger partial charge < -0.3 is 9.80 Å². The summed E-state index contributed by atoms with van der Waals surface area (Å²) >= 11 is 5.83. The largest absolute Gasteiger partial charge is 0.335 e. The lowest BCUT2D eigenvalue weighted by atomic mass is 10.1. The second-order valence-electron chi connectivity index (χ2n) is 5.60. The Morgan fingerprint density at radius 3 is 1.92 bits per heavy atom. The molecule has 1 saturated heterocycles. The molecule has 2 aromatic carbocycles. The number of carbonyl (C=O) groups excluding carboxylic acids is 2. The number of amides is 2. The number of carbonyl (C=O) groups is 2. The van der Waals surface area contributed by atoms with Crippen LogP contribution in [0.25, 0.3) is 0 Å². The molecule has 1 aliphatic rings. The summed E-state index contributed by atoms with van der Waals surface area (Å²) in [5, 5.41) is 0.581. The Morgan fingerprint density at radius 1 is 0.833 bits per heavy atom. The number of piperazine rings is 1. The molecule has 6 heteroatoms. The predicted molar refractivity (Wildman–Crippen MR) is 89.7 cm³/mol. The van der Waals surface area contributed by atoms with E-state index in [1.54, 1.807) is 40.1 Å². The molecular weight excluding hydrogens is 331 g/mol. The topological polar surface area (TPSA) is 40.6 Å². The summed E-state index contributed by atoms with van der Waals surface area (Å²) in [5.41, 5.74) is 0.900. The maximum Gasteiger partial charge on any atom is 0.254 e. The molecule has 2 aromatic rings. The van der Waals surface area contributed by atoms with Crippen LogP contribution in [0.15, 0.2) is 48.5 Å². The van der Waals surface area contributed by atoms with Crippen LogP contribution < -0.4 is 0 Å². The summed E-state index contributed by atoms with van der Waals surface area (Å²) < 4.78 is 13.2. The summed E-state index contributed by atoms with van der Waals surface area (Å²) in [4.78, 5) is 28.2. The average Bonchev–Trinajstić information content (AvgIpc) is 2.61. The molecule has 0 spiro atoms. The number of rotatable bonds is 2. The predicted octanol–water partition coefficient (Wildman–Crippen LogP) is 3.08. The third kappa shape index (κ3) is 3.57. The van der Waals surface area contributed by atoms with Gasteiger partial charge in [0.05, 0.1) is 0 Å². The second kappa shape index (κ2) is 7.01. The van der Waals surface area contributed by atoms with E-state index in [1.165, 1.54) is 18.2 Å². The van der Waals surface area contributed by atoms with Gasteiger partial charge in [-0.15, -0.1) is 0 Å². The minimum Gasteiger partial charge on any atom is -0.335 e. The zero-order valence-electron chi connectivity index (χ0n) is 12.9. The molecule has 124 valence electrons.